The highest BCUT2D eigenvalue weighted by atomic mass is 19.4. The Hall–Kier alpha value is -2.27. The number of likely N-dealkylation sites (N-methyl/N-ethyl adjacent to an activating group) is 1. The van der Waals surface area contributed by atoms with Crippen LogP contribution in [0.3, 0.4) is 0 Å². The fourth-order valence-electron chi connectivity index (χ4n) is 2.55. The molecular weight excluding hydrogens is 323 g/mol. The van der Waals surface area contributed by atoms with Gasteiger partial charge in [0.2, 0.25) is 0 Å². The Morgan fingerprint density at radius 1 is 1.42 bits per heavy atom. The number of hydrogen-bond acceptors (Lipinski definition) is 4. The number of nitriles is 1. The van der Waals surface area contributed by atoms with E-state index in [9.17, 15) is 18.0 Å². The van der Waals surface area contributed by atoms with Crippen molar-refractivity contribution in [2.24, 2.45) is 0 Å². The van der Waals surface area contributed by atoms with Crippen LogP contribution in [0.4, 0.5) is 18.9 Å². The normalized spacial score (nSPS) is 20.5. The van der Waals surface area contributed by atoms with Crippen LogP contribution in [0.25, 0.3) is 0 Å². The van der Waals surface area contributed by atoms with Crippen molar-refractivity contribution >= 4 is 11.6 Å². The monoisotopic (exact) mass is 341 g/mol. The molecule has 130 valence electrons. The van der Waals surface area contributed by atoms with E-state index < -0.39 is 23.4 Å². The van der Waals surface area contributed by atoms with Gasteiger partial charge in [0.25, 0.3) is 5.91 Å². The van der Waals surface area contributed by atoms with Crippen LogP contribution in [0.2, 0.25) is 0 Å². The highest BCUT2D eigenvalue weighted by Gasteiger charge is 2.34. The number of amides is 1. The van der Waals surface area contributed by atoms with Crippen molar-refractivity contribution in [2.45, 2.75) is 31.2 Å². The van der Waals surface area contributed by atoms with E-state index in [-0.39, 0.29) is 12.0 Å². The van der Waals surface area contributed by atoms with Crippen molar-refractivity contribution in [2.75, 3.05) is 26.0 Å². The number of anilines is 1. The van der Waals surface area contributed by atoms with Crippen LogP contribution in [-0.4, -0.2) is 43.7 Å². The molecule has 0 radical (unpaired) electrons. The molecule has 0 spiro atoms. The van der Waals surface area contributed by atoms with Gasteiger partial charge in [-0.05, 0) is 31.0 Å². The molecule has 1 heterocycles. The zero-order valence-corrected chi connectivity index (χ0v) is 13.4. The van der Waals surface area contributed by atoms with E-state index in [2.05, 4.69) is 5.32 Å². The lowest BCUT2D eigenvalue weighted by Crippen LogP contribution is -2.34. The molecule has 0 aliphatic carbocycles. The van der Waals surface area contributed by atoms with Gasteiger partial charge in [0.1, 0.15) is 6.10 Å². The van der Waals surface area contributed by atoms with Crippen molar-refractivity contribution in [1.29, 1.82) is 5.26 Å². The van der Waals surface area contributed by atoms with Crippen molar-refractivity contribution in [3.05, 3.63) is 29.3 Å². The molecule has 5 nitrogen and oxygen atoms in total. The predicted molar refractivity (Wildman–Crippen MR) is 81.2 cm³/mol. The van der Waals surface area contributed by atoms with Crippen LogP contribution in [0.1, 0.15) is 24.0 Å². The van der Waals surface area contributed by atoms with Gasteiger partial charge in [0.15, 0.2) is 0 Å². The van der Waals surface area contributed by atoms with Gasteiger partial charge in [-0.3, -0.25) is 4.79 Å². The molecule has 1 aliphatic heterocycles. The van der Waals surface area contributed by atoms with Gasteiger partial charge in [0.05, 0.1) is 23.3 Å². The van der Waals surface area contributed by atoms with E-state index in [1.54, 1.807) is 20.2 Å². The molecule has 0 saturated carbocycles. The van der Waals surface area contributed by atoms with Crippen LogP contribution in [0.15, 0.2) is 18.2 Å². The molecule has 24 heavy (non-hydrogen) atoms. The van der Waals surface area contributed by atoms with E-state index in [1.165, 1.54) is 17.0 Å². The molecule has 1 aromatic carbocycles. The Labute approximate surface area is 138 Å². The zero-order valence-electron chi connectivity index (χ0n) is 13.4. The summed E-state index contributed by atoms with van der Waals surface area (Å²) < 4.78 is 43.9. The third-order valence-corrected chi connectivity index (χ3v) is 3.80. The second kappa shape index (κ2) is 7.09. The quantitative estimate of drug-likeness (QED) is 0.914. The molecule has 2 atom stereocenters. The number of nitrogens with zero attached hydrogens (tertiary/aromatic N) is 2. The average molecular weight is 341 g/mol. The molecule has 2 rings (SSSR count). The molecule has 1 N–H and O–H groups in total. The van der Waals surface area contributed by atoms with Gasteiger partial charge in [-0.15, -0.1) is 0 Å². The van der Waals surface area contributed by atoms with Crippen LogP contribution >= 0.6 is 0 Å². The summed E-state index contributed by atoms with van der Waals surface area (Å²) in [4.78, 5) is 13.3. The van der Waals surface area contributed by atoms with Gasteiger partial charge in [0, 0.05) is 26.3 Å². The molecule has 0 bridgehead atoms. The summed E-state index contributed by atoms with van der Waals surface area (Å²) in [5.41, 5.74) is -0.977. The molecule has 1 aliphatic rings. The van der Waals surface area contributed by atoms with Crippen molar-refractivity contribution in [3.63, 3.8) is 0 Å². The van der Waals surface area contributed by atoms with Gasteiger partial charge < -0.3 is 15.0 Å². The predicted octanol–water partition coefficient (Wildman–Crippen LogP) is 2.62. The Morgan fingerprint density at radius 2 is 2.12 bits per heavy atom. The van der Waals surface area contributed by atoms with Crippen LogP contribution in [0, 0.1) is 11.3 Å². The van der Waals surface area contributed by atoms with Gasteiger partial charge in [-0.1, -0.05) is 0 Å². The topological polar surface area (TPSA) is 65.4 Å². The first-order chi connectivity index (χ1) is 11.2. The number of hydrogen-bond donors (Lipinski definition) is 1. The summed E-state index contributed by atoms with van der Waals surface area (Å²) in [7, 11) is 3.31. The van der Waals surface area contributed by atoms with Gasteiger partial charge in [-0.25, -0.2) is 0 Å². The lowest BCUT2D eigenvalue weighted by molar-refractivity contribution is -0.140. The van der Waals surface area contributed by atoms with E-state index in [4.69, 9.17) is 10.00 Å². The smallest absolute Gasteiger partial charge is 0.382 e. The van der Waals surface area contributed by atoms with Gasteiger partial charge in [-0.2, -0.15) is 18.4 Å². The largest absolute Gasteiger partial charge is 0.417 e. The van der Waals surface area contributed by atoms with E-state index in [0.717, 1.165) is 6.07 Å². The first kappa shape index (κ1) is 18.1. The number of halogens is 3. The maximum atomic E-state index is 12.8. The fraction of sp³-hybridized carbons (Fsp3) is 0.500. The molecule has 1 saturated heterocycles. The Bertz CT molecular complexity index is 653. The van der Waals surface area contributed by atoms with E-state index in [0.29, 0.717) is 25.1 Å². The van der Waals surface area contributed by atoms with Crippen molar-refractivity contribution in [1.82, 2.24) is 4.90 Å². The number of alkyl halides is 3. The van der Waals surface area contributed by atoms with Crippen molar-refractivity contribution in [3.8, 4) is 6.07 Å². The first-order valence-electron chi connectivity index (χ1n) is 7.44. The van der Waals surface area contributed by atoms with E-state index in [1.807, 2.05) is 0 Å². The molecular formula is C16H18F3N3O2. The summed E-state index contributed by atoms with van der Waals surface area (Å²) in [6, 6.07) is 4.89. The number of ether oxygens (including phenoxy) is 1. The molecule has 1 aromatic rings. The van der Waals surface area contributed by atoms with Gasteiger partial charge >= 0.3 is 6.18 Å². The maximum absolute atomic E-state index is 12.8. The lowest BCUT2D eigenvalue weighted by Gasteiger charge is -2.18. The first-order valence-corrected chi connectivity index (χ1v) is 7.44. The van der Waals surface area contributed by atoms with Crippen molar-refractivity contribution < 1.29 is 22.7 Å². The number of carbonyl (C=O) groups is 1. The minimum Gasteiger partial charge on any atom is -0.382 e. The molecule has 0 unspecified atom stereocenters. The SMILES string of the molecule is CN(C)C(=O)[C@H]1CC[C@@H](CNc2ccc(C(F)(F)F)c(C#N)c2)O1. The summed E-state index contributed by atoms with van der Waals surface area (Å²) in [6.45, 7) is 0.355. The Balaban J connectivity index is 1.96. The number of rotatable bonds is 4. The number of carbonyl (C=O) groups excluding carboxylic acids is 1. The lowest BCUT2D eigenvalue weighted by atomic mass is 10.1. The highest BCUT2D eigenvalue weighted by molar-refractivity contribution is 5.80. The zero-order chi connectivity index (χ0) is 17.9. The molecule has 1 fully saturated rings. The van der Waals surface area contributed by atoms with Crippen LogP contribution in [0.5, 0.6) is 0 Å². The van der Waals surface area contributed by atoms with E-state index >= 15 is 0 Å². The number of benzene rings is 1. The summed E-state index contributed by atoms with van der Waals surface area (Å²) in [6.07, 6.45) is -3.94. The Kier molecular flexibility index (Phi) is 5.34. The number of nitrogens with one attached hydrogen (secondary N) is 1. The fourth-order valence-corrected chi connectivity index (χ4v) is 2.55. The molecule has 0 aromatic heterocycles. The summed E-state index contributed by atoms with van der Waals surface area (Å²) >= 11 is 0. The maximum Gasteiger partial charge on any atom is 0.417 e. The highest BCUT2D eigenvalue weighted by Crippen LogP contribution is 2.33. The second-order valence-electron chi connectivity index (χ2n) is 5.81. The second-order valence-corrected chi connectivity index (χ2v) is 5.81. The third kappa shape index (κ3) is 4.17. The average Bonchev–Trinajstić information content (AvgIpc) is 2.99. The third-order valence-electron chi connectivity index (χ3n) is 3.80. The standard InChI is InChI=1S/C16H18F3N3O2/c1-22(2)15(23)14-6-4-12(24-14)9-21-11-3-5-13(16(17,18)19)10(7-11)8-20/h3,5,7,12,14,21H,4,6,9H2,1-2H3/t12-,14+/m0/s1. The molecule has 8 heteroatoms. The Morgan fingerprint density at radius 3 is 2.71 bits per heavy atom. The van der Waals surface area contributed by atoms with Crippen LogP contribution in [-0.2, 0) is 15.7 Å². The summed E-state index contributed by atoms with van der Waals surface area (Å²) in [5, 5.41) is 11.8. The molecule has 1 amide bonds. The minimum atomic E-state index is -4.56. The van der Waals surface area contributed by atoms with Crippen LogP contribution < -0.4 is 5.32 Å². The minimum absolute atomic E-state index is 0.0983. The summed E-state index contributed by atoms with van der Waals surface area (Å²) in [5.74, 6) is -0.0983.